The van der Waals surface area contributed by atoms with Gasteiger partial charge in [0.1, 0.15) is 5.69 Å². The van der Waals surface area contributed by atoms with E-state index in [0.717, 1.165) is 5.56 Å². The molecular weight excluding hydrogens is 234 g/mol. The van der Waals surface area contributed by atoms with Crippen LogP contribution in [0, 0.1) is 32.8 Å². The van der Waals surface area contributed by atoms with Gasteiger partial charge in [-0.05, 0) is 11.6 Å². The molecule has 1 aromatic rings. The lowest BCUT2D eigenvalue weighted by Gasteiger charge is -2.15. The molecule has 0 radical (unpaired) electrons. The summed E-state index contributed by atoms with van der Waals surface area (Å²) >= 11 is 0. The first-order chi connectivity index (χ1) is 8.58. The van der Waals surface area contributed by atoms with Gasteiger partial charge in [0.2, 0.25) is 0 Å². The molecule has 7 nitrogen and oxygen atoms in total. The number of nitrogens with two attached hydrogens (primary N) is 1. The highest BCUT2D eigenvalue weighted by Crippen LogP contribution is 2.22. The molecule has 0 atom stereocenters. The normalized spacial score (nSPS) is 9.72. The van der Waals surface area contributed by atoms with E-state index < -0.39 is 4.92 Å². The Kier molecular flexibility index (Phi) is 4.61. The number of nitrogens with zero attached hydrogens (tertiary/aromatic N) is 4. The summed E-state index contributed by atoms with van der Waals surface area (Å²) in [5.41, 5.74) is 6.21. The van der Waals surface area contributed by atoms with Gasteiger partial charge in [-0.15, -0.1) is 0 Å². The molecule has 0 saturated carbocycles. The Hall–Kier alpha value is -2.64. The minimum Gasteiger partial charge on any atom is -0.393 e. The molecule has 0 fully saturated rings. The van der Waals surface area contributed by atoms with Gasteiger partial charge < -0.3 is 5.73 Å². The molecule has 18 heavy (non-hydrogen) atoms. The molecule has 0 amide bonds. The van der Waals surface area contributed by atoms with Gasteiger partial charge in [0.15, 0.2) is 0 Å². The summed E-state index contributed by atoms with van der Waals surface area (Å²) in [7, 11) is 0. The van der Waals surface area contributed by atoms with Gasteiger partial charge in [-0.1, -0.05) is 6.07 Å². The molecular formula is C11H11N5O2. The van der Waals surface area contributed by atoms with E-state index in [9.17, 15) is 10.1 Å². The Morgan fingerprint density at radius 1 is 1.33 bits per heavy atom. The van der Waals surface area contributed by atoms with E-state index in [4.69, 9.17) is 16.3 Å². The highest BCUT2D eigenvalue weighted by molar-refractivity contribution is 5.59. The van der Waals surface area contributed by atoms with Crippen LogP contribution in [0.1, 0.15) is 5.56 Å². The fourth-order valence-electron chi connectivity index (χ4n) is 1.49. The highest BCUT2D eigenvalue weighted by atomic mass is 16.6. The second-order valence-corrected chi connectivity index (χ2v) is 3.61. The maximum absolute atomic E-state index is 10.6. The van der Waals surface area contributed by atoms with Crippen molar-refractivity contribution in [3.63, 3.8) is 0 Å². The van der Waals surface area contributed by atoms with Crippen molar-refractivity contribution in [2.75, 3.05) is 18.8 Å². The van der Waals surface area contributed by atoms with E-state index in [2.05, 4.69) is 0 Å². The zero-order chi connectivity index (χ0) is 13.5. The third-order valence-corrected chi connectivity index (χ3v) is 2.28. The van der Waals surface area contributed by atoms with Crippen LogP contribution < -0.4 is 5.73 Å². The Labute approximate surface area is 104 Å². The second kappa shape index (κ2) is 6.18. The lowest BCUT2D eigenvalue weighted by molar-refractivity contribution is -0.383. The summed E-state index contributed by atoms with van der Waals surface area (Å²) in [5.74, 6) is 0. The van der Waals surface area contributed by atoms with Crippen LogP contribution in [0.4, 0.5) is 11.4 Å². The van der Waals surface area contributed by atoms with Gasteiger partial charge in [0.25, 0.3) is 5.69 Å². The van der Waals surface area contributed by atoms with E-state index >= 15 is 0 Å². The highest BCUT2D eigenvalue weighted by Gasteiger charge is 2.12. The summed E-state index contributed by atoms with van der Waals surface area (Å²) in [5, 5.41) is 27.8. The molecule has 7 heteroatoms. The predicted molar refractivity (Wildman–Crippen MR) is 64.0 cm³/mol. The first-order valence-electron chi connectivity index (χ1n) is 5.07. The number of rotatable bonds is 5. The van der Waals surface area contributed by atoms with Crippen molar-refractivity contribution in [3.05, 3.63) is 33.9 Å². The predicted octanol–water partition coefficient (Wildman–Crippen LogP) is 1.03. The van der Waals surface area contributed by atoms with Crippen LogP contribution in [0.5, 0.6) is 0 Å². The van der Waals surface area contributed by atoms with Gasteiger partial charge in [-0.25, -0.2) is 0 Å². The fraction of sp³-hybridized carbons (Fsp3) is 0.273. The van der Waals surface area contributed by atoms with Crippen LogP contribution in [0.3, 0.4) is 0 Å². The monoisotopic (exact) mass is 245 g/mol. The molecule has 0 heterocycles. The minimum absolute atomic E-state index is 0.0753. The van der Waals surface area contributed by atoms with E-state index in [1.807, 2.05) is 12.1 Å². The number of hydrogen-bond acceptors (Lipinski definition) is 6. The molecule has 2 N–H and O–H groups in total. The maximum Gasteiger partial charge on any atom is 0.292 e. The molecule has 0 spiro atoms. The lowest BCUT2D eigenvalue weighted by Crippen LogP contribution is -2.23. The van der Waals surface area contributed by atoms with Crippen LogP contribution in [0.2, 0.25) is 0 Å². The first kappa shape index (κ1) is 13.4. The summed E-state index contributed by atoms with van der Waals surface area (Å²) < 4.78 is 0. The number of benzene rings is 1. The largest absolute Gasteiger partial charge is 0.393 e. The average Bonchev–Trinajstić information content (AvgIpc) is 2.29. The minimum atomic E-state index is -0.554. The Morgan fingerprint density at radius 3 is 2.39 bits per heavy atom. The zero-order valence-electron chi connectivity index (χ0n) is 9.54. The fourth-order valence-corrected chi connectivity index (χ4v) is 1.49. The van der Waals surface area contributed by atoms with Crippen molar-refractivity contribution in [2.24, 2.45) is 0 Å². The molecule has 0 unspecified atom stereocenters. The van der Waals surface area contributed by atoms with Crippen LogP contribution in [-0.2, 0) is 6.54 Å². The molecule has 0 aliphatic carbocycles. The topological polar surface area (TPSA) is 120 Å². The van der Waals surface area contributed by atoms with Crippen LogP contribution in [0.15, 0.2) is 18.2 Å². The maximum atomic E-state index is 10.6. The summed E-state index contributed by atoms with van der Waals surface area (Å²) in [6, 6.07) is 8.28. The van der Waals surface area contributed by atoms with Crippen molar-refractivity contribution in [2.45, 2.75) is 6.54 Å². The first-order valence-corrected chi connectivity index (χ1v) is 5.07. The van der Waals surface area contributed by atoms with Crippen molar-refractivity contribution in [1.29, 1.82) is 10.5 Å². The molecule has 1 aromatic carbocycles. The van der Waals surface area contributed by atoms with Gasteiger partial charge >= 0.3 is 0 Å². The van der Waals surface area contributed by atoms with Gasteiger partial charge in [0, 0.05) is 12.6 Å². The molecule has 0 saturated heterocycles. The summed E-state index contributed by atoms with van der Waals surface area (Å²) in [6.45, 7) is 0.582. The van der Waals surface area contributed by atoms with Crippen molar-refractivity contribution in [1.82, 2.24) is 4.90 Å². The Balaban J connectivity index is 2.85. The molecule has 0 aliphatic heterocycles. The van der Waals surface area contributed by atoms with Gasteiger partial charge in [0.05, 0.1) is 30.2 Å². The van der Waals surface area contributed by atoms with E-state index in [0.29, 0.717) is 6.54 Å². The van der Waals surface area contributed by atoms with Crippen molar-refractivity contribution < 1.29 is 4.92 Å². The molecule has 92 valence electrons. The number of nitriles is 2. The smallest absolute Gasteiger partial charge is 0.292 e. The number of anilines is 1. The SMILES string of the molecule is N#CCN(CC#N)Cc1ccc([N+](=O)[O-])c(N)c1. The number of nitro benzene ring substituents is 1. The average molecular weight is 245 g/mol. The Morgan fingerprint density at radius 2 is 1.94 bits per heavy atom. The van der Waals surface area contributed by atoms with Crippen LogP contribution in [-0.4, -0.2) is 22.9 Å². The number of nitrogen functional groups attached to an aromatic ring is 1. The zero-order valence-corrected chi connectivity index (χ0v) is 9.54. The molecule has 0 aromatic heterocycles. The van der Waals surface area contributed by atoms with Crippen molar-refractivity contribution in [3.8, 4) is 12.1 Å². The van der Waals surface area contributed by atoms with Crippen LogP contribution in [0.25, 0.3) is 0 Å². The Bertz CT molecular complexity index is 513. The third-order valence-electron chi connectivity index (χ3n) is 2.28. The molecule has 0 bridgehead atoms. The third kappa shape index (κ3) is 3.44. The van der Waals surface area contributed by atoms with Crippen LogP contribution >= 0.6 is 0 Å². The van der Waals surface area contributed by atoms with Crippen molar-refractivity contribution >= 4 is 11.4 Å². The molecule has 1 rings (SSSR count). The summed E-state index contributed by atoms with van der Waals surface area (Å²) in [4.78, 5) is 11.6. The summed E-state index contributed by atoms with van der Waals surface area (Å²) in [6.07, 6.45) is 0. The number of nitro groups is 1. The standard InChI is InChI=1S/C11H11N5O2/c12-3-5-15(6-4-13)8-9-1-2-11(16(17)18)10(14)7-9/h1-2,7H,5-6,8,14H2. The molecule has 0 aliphatic rings. The van der Waals surface area contributed by atoms with E-state index in [1.54, 1.807) is 11.0 Å². The second-order valence-electron chi connectivity index (χ2n) is 3.61. The number of hydrogen-bond donors (Lipinski definition) is 1. The van der Waals surface area contributed by atoms with Gasteiger partial charge in [-0.2, -0.15) is 10.5 Å². The quantitative estimate of drug-likeness (QED) is 0.358. The lowest BCUT2D eigenvalue weighted by atomic mass is 10.1. The van der Waals surface area contributed by atoms with Gasteiger partial charge in [-0.3, -0.25) is 15.0 Å². The van der Waals surface area contributed by atoms with E-state index in [-0.39, 0.29) is 24.5 Å². The van der Waals surface area contributed by atoms with E-state index in [1.165, 1.54) is 12.1 Å².